The molecule has 0 heterocycles. The van der Waals surface area contributed by atoms with Gasteiger partial charge in [0.1, 0.15) is 0 Å². The number of rotatable bonds is 5. The Balaban J connectivity index is 4.67. The molecule has 0 heteroatoms. The van der Waals surface area contributed by atoms with Gasteiger partial charge in [0.25, 0.3) is 0 Å². The highest BCUT2D eigenvalue weighted by atomic mass is 14.0. The van der Waals surface area contributed by atoms with Crippen molar-refractivity contribution in [1.82, 2.24) is 0 Å². The molecule has 0 aliphatic carbocycles. The second kappa shape index (κ2) is 6.66. The van der Waals surface area contributed by atoms with Crippen LogP contribution in [0.15, 0.2) is 48.6 Å². The van der Waals surface area contributed by atoms with Gasteiger partial charge in [-0.05, 0) is 24.0 Å². The molecule has 0 aliphatic heterocycles. The number of hydrogen-bond donors (Lipinski definition) is 0. The van der Waals surface area contributed by atoms with E-state index in [1.807, 2.05) is 12.2 Å². The lowest BCUT2D eigenvalue weighted by atomic mass is 10.0. The van der Waals surface area contributed by atoms with E-state index >= 15 is 0 Å². The maximum atomic E-state index is 3.77. The monoisotopic (exact) mass is 162 g/mol. The fourth-order valence-electron chi connectivity index (χ4n) is 1.15. The largest absolute Gasteiger partial charge is 0.0990 e. The number of hydrogen-bond acceptors (Lipinski definition) is 0. The molecule has 0 radical (unpaired) electrons. The molecule has 0 amide bonds. The first-order chi connectivity index (χ1) is 5.79. The van der Waals surface area contributed by atoms with E-state index in [1.54, 1.807) is 6.08 Å². The van der Waals surface area contributed by atoms with Crippen molar-refractivity contribution < 1.29 is 0 Å². The molecule has 0 saturated carbocycles. The van der Waals surface area contributed by atoms with Crippen molar-refractivity contribution in [2.45, 2.75) is 26.7 Å². The molecule has 0 unspecified atom stereocenters. The summed E-state index contributed by atoms with van der Waals surface area (Å²) in [6, 6.07) is 0. The second-order valence-corrected chi connectivity index (χ2v) is 2.55. The van der Waals surface area contributed by atoms with Gasteiger partial charge in [0.2, 0.25) is 0 Å². The molecule has 0 N–H and O–H groups in total. The van der Waals surface area contributed by atoms with Crippen LogP contribution in [0, 0.1) is 0 Å². The van der Waals surface area contributed by atoms with Gasteiger partial charge in [0, 0.05) is 0 Å². The maximum Gasteiger partial charge on any atom is -0.0234 e. The first kappa shape index (κ1) is 11.0. The lowest BCUT2D eigenvalue weighted by Gasteiger charge is -2.03. The highest BCUT2D eigenvalue weighted by Gasteiger charge is 1.95. The maximum absolute atomic E-state index is 3.77. The van der Waals surface area contributed by atoms with Gasteiger partial charge in [0.05, 0.1) is 0 Å². The smallest absolute Gasteiger partial charge is 0.0234 e. The lowest BCUT2D eigenvalue weighted by molar-refractivity contribution is 1.08. The number of allylic oxidation sites excluding steroid dienone is 6. The van der Waals surface area contributed by atoms with Crippen molar-refractivity contribution in [2.75, 3.05) is 0 Å². The van der Waals surface area contributed by atoms with Crippen LogP contribution >= 0.6 is 0 Å². The minimum absolute atomic E-state index is 1.06. The Hall–Kier alpha value is -1.04. The van der Waals surface area contributed by atoms with Crippen LogP contribution < -0.4 is 0 Å². The molecule has 0 aliphatic rings. The van der Waals surface area contributed by atoms with Crippen molar-refractivity contribution >= 4 is 0 Å². The molecule has 0 aromatic carbocycles. The zero-order valence-electron chi connectivity index (χ0n) is 8.14. The zero-order chi connectivity index (χ0) is 9.40. The molecule has 12 heavy (non-hydrogen) atoms. The van der Waals surface area contributed by atoms with E-state index in [1.165, 1.54) is 11.1 Å². The summed E-state index contributed by atoms with van der Waals surface area (Å²) in [5.41, 5.74) is 2.54. The second-order valence-electron chi connectivity index (χ2n) is 2.55. The average molecular weight is 162 g/mol. The van der Waals surface area contributed by atoms with Crippen molar-refractivity contribution in [3.05, 3.63) is 48.6 Å². The van der Waals surface area contributed by atoms with E-state index in [0.717, 1.165) is 12.8 Å². The molecular weight excluding hydrogens is 144 g/mol. The van der Waals surface area contributed by atoms with Gasteiger partial charge < -0.3 is 0 Å². The third-order valence-corrected chi connectivity index (χ3v) is 1.72. The summed E-state index contributed by atoms with van der Waals surface area (Å²) in [5, 5.41) is 0. The van der Waals surface area contributed by atoms with E-state index < -0.39 is 0 Å². The Labute approximate surface area is 76.0 Å². The minimum atomic E-state index is 1.06. The SMILES string of the molecule is C=C/C=C(C=C)\C(=C/CC)CC. The summed E-state index contributed by atoms with van der Waals surface area (Å²) in [6.07, 6.45) is 10.0. The van der Waals surface area contributed by atoms with Gasteiger partial charge >= 0.3 is 0 Å². The van der Waals surface area contributed by atoms with Gasteiger partial charge in [-0.2, -0.15) is 0 Å². The lowest BCUT2D eigenvalue weighted by Crippen LogP contribution is -1.84. The van der Waals surface area contributed by atoms with Crippen molar-refractivity contribution in [3.63, 3.8) is 0 Å². The van der Waals surface area contributed by atoms with Crippen LogP contribution in [0.5, 0.6) is 0 Å². The average Bonchev–Trinajstić information content (AvgIpc) is 2.11. The molecule has 66 valence electrons. The van der Waals surface area contributed by atoms with E-state index in [2.05, 4.69) is 33.1 Å². The standard InChI is InChI=1S/C12H18/c1-5-9-11(7-3)12(8-4)10-6-2/h5,7,9-10H,1,3,6,8H2,2,4H3/b11-9-,12-10-. The molecule has 0 spiro atoms. The topological polar surface area (TPSA) is 0 Å². The molecule has 0 bridgehead atoms. The molecule has 0 nitrogen and oxygen atoms in total. The van der Waals surface area contributed by atoms with Gasteiger partial charge in [-0.1, -0.05) is 51.3 Å². The van der Waals surface area contributed by atoms with Crippen LogP contribution in [-0.4, -0.2) is 0 Å². The van der Waals surface area contributed by atoms with Crippen LogP contribution in [0.1, 0.15) is 26.7 Å². The third-order valence-electron chi connectivity index (χ3n) is 1.72. The highest BCUT2D eigenvalue weighted by Crippen LogP contribution is 2.15. The van der Waals surface area contributed by atoms with Crippen LogP contribution in [0.2, 0.25) is 0 Å². The molecule has 0 aromatic heterocycles. The predicted octanol–water partition coefficient (Wildman–Crippen LogP) is 4.03. The summed E-state index contributed by atoms with van der Waals surface area (Å²) in [7, 11) is 0. The van der Waals surface area contributed by atoms with Crippen molar-refractivity contribution in [1.29, 1.82) is 0 Å². The quantitative estimate of drug-likeness (QED) is 0.535. The summed E-state index contributed by atoms with van der Waals surface area (Å²) >= 11 is 0. The van der Waals surface area contributed by atoms with Crippen molar-refractivity contribution in [2.24, 2.45) is 0 Å². The normalized spacial score (nSPS) is 12.8. The Bertz CT molecular complexity index is 204. The van der Waals surface area contributed by atoms with Gasteiger partial charge in [0.15, 0.2) is 0 Å². The fourth-order valence-corrected chi connectivity index (χ4v) is 1.15. The summed E-state index contributed by atoms with van der Waals surface area (Å²) < 4.78 is 0. The Morgan fingerprint density at radius 2 is 1.92 bits per heavy atom. The van der Waals surface area contributed by atoms with Crippen LogP contribution in [-0.2, 0) is 0 Å². The summed E-state index contributed by atoms with van der Waals surface area (Å²) in [6.45, 7) is 11.7. The fraction of sp³-hybridized carbons (Fsp3) is 0.333. The molecule has 0 atom stereocenters. The first-order valence-corrected chi connectivity index (χ1v) is 4.44. The van der Waals surface area contributed by atoms with E-state index in [4.69, 9.17) is 0 Å². The third kappa shape index (κ3) is 3.38. The van der Waals surface area contributed by atoms with Crippen LogP contribution in [0.25, 0.3) is 0 Å². The van der Waals surface area contributed by atoms with E-state index in [9.17, 15) is 0 Å². The predicted molar refractivity (Wildman–Crippen MR) is 57.1 cm³/mol. The molecular formula is C12H18. The molecule has 0 aromatic rings. The van der Waals surface area contributed by atoms with Crippen LogP contribution in [0.4, 0.5) is 0 Å². The van der Waals surface area contributed by atoms with Gasteiger partial charge in [-0.3, -0.25) is 0 Å². The highest BCUT2D eigenvalue weighted by molar-refractivity contribution is 5.40. The Morgan fingerprint density at radius 1 is 1.25 bits per heavy atom. The first-order valence-electron chi connectivity index (χ1n) is 4.44. The molecule has 0 rings (SSSR count). The van der Waals surface area contributed by atoms with Gasteiger partial charge in [-0.25, -0.2) is 0 Å². The van der Waals surface area contributed by atoms with Gasteiger partial charge in [-0.15, -0.1) is 0 Å². The minimum Gasteiger partial charge on any atom is -0.0990 e. The zero-order valence-corrected chi connectivity index (χ0v) is 8.14. The summed E-state index contributed by atoms with van der Waals surface area (Å²) in [5.74, 6) is 0. The summed E-state index contributed by atoms with van der Waals surface area (Å²) in [4.78, 5) is 0. The Kier molecular flexibility index (Phi) is 6.08. The molecule has 0 fully saturated rings. The van der Waals surface area contributed by atoms with E-state index in [-0.39, 0.29) is 0 Å². The van der Waals surface area contributed by atoms with Crippen LogP contribution in [0.3, 0.4) is 0 Å². The van der Waals surface area contributed by atoms with E-state index in [0.29, 0.717) is 0 Å². The molecule has 0 saturated heterocycles. The Morgan fingerprint density at radius 3 is 2.25 bits per heavy atom. The van der Waals surface area contributed by atoms with Crippen molar-refractivity contribution in [3.8, 4) is 0 Å².